The standard InChI is InChI=1S/C32H35NO6/c1-7-18-39-25-11-9-8-10-24(25)33-28(20-12-14-21(15-13-20)32(2,3)4)27(30(35)31(33)36)29(34)23-17-16-22(37-5)19-26(23)38-6/h8-17,19,28,34H,7,18H2,1-6H3/b29-27-. The number of rotatable bonds is 8. The van der Waals surface area contributed by atoms with Gasteiger partial charge in [0.05, 0.1) is 43.7 Å². The molecule has 0 radical (unpaired) electrons. The van der Waals surface area contributed by atoms with Gasteiger partial charge in [0.1, 0.15) is 23.0 Å². The summed E-state index contributed by atoms with van der Waals surface area (Å²) in [6.45, 7) is 8.80. The first-order valence-electron chi connectivity index (χ1n) is 13.0. The predicted molar refractivity (Wildman–Crippen MR) is 152 cm³/mol. The molecule has 7 heteroatoms. The van der Waals surface area contributed by atoms with E-state index in [9.17, 15) is 14.7 Å². The SMILES string of the molecule is CCCOc1ccccc1N1C(=O)C(=O)/C(=C(\O)c2ccc(OC)cc2OC)C1c1ccc(C(C)(C)C)cc1. The number of benzene rings is 3. The Morgan fingerprint density at radius 1 is 0.923 bits per heavy atom. The van der Waals surface area contributed by atoms with Crippen molar-refractivity contribution >= 4 is 23.1 Å². The van der Waals surface area contributed by atoms with Gasteiger partial charge < -0.3 is 19.3 Å². The van der Waals surface area contributed by atoms with Gasteiger partial charge in [-0.05, 0) is 47.2 Å². The molecule has 0 spiro atoms. The molecule has 1 N–H and O–H groups in total. The Balaban J connectivity index is 1.96. The number of hydrogen-bond donors (Lipinski definition) is 1. The number of ether oxygens (including phenoxy) is 3. The number of aliphatic hydroxyl groups excluding tert-OH is 1. The Morgan fingerprint density at radius 3 is 2.23 bits per heavy atom. The topological polar surface area (TPSA) is 85.3 Å². The third-order valence-electron chi connectivity index (χ3n) is 6.79. The van der Waals surface area contributed by atoms with Gasteiger partial charge in [0.2, 0.25) is 0 Å². The van der Waals surface area contributed by atoms with Gasteiger partial charge in [-0.1, -0.05) is 64.1 Å². The zero-order valence-electron chi connectivity index (χ0n) is 23.3. The van der Waals surface area contributed by atoms with Crippen molar-refractivity contribution < 1.29 is 28.9 Å². The van der Waals surface area contributed by atoms with Crippen LogP contribution < -0.4 is 19.1 Å². The summed E-state index contributed by atoms with van der Waals surface area (Å²) in [4.78, 5) is 28.7. The van der Waals surface area contributed by atoms with E-state index >= 15 is 0 Å². The van der Waals surface area contributed by atoms with Gasteiger partial charge in [0.15, 0.2) is 0 Å². The van der Waals surface area contributed by atoms with E-state index in [0.29, 0.717) is 35.1 Å². The first-order valence-corrected chi connectivity index (χ1v) is 13.0. The monoisotopic (exact) mass is 529 g/mol. The molecule has 3 aromatic rings. The largest absolute Gasteiger partial charge is 0.507 e. The van der Waals surface area contributed by atoms with Crippen LogP contribution in [0.1, 0.15) is 56.8 Å². The first kappa shape index (κ1) is 27.8. The zero-order chi connectivity index (χ0) is 28.3. The molecule has 0 saturated carbocycles. The van der Waals surface area contributed by atoms with E-state index in [0.717, 1.165) is 12.0 Å². The Labute approximate surface area is 229 Å². The number of nitrogens with zero attached hydrogens (tertiary/aromatic N) is 1. The number of para-hydroxylation sites is 2. The number of Topliss-reactive ketones (excluding diaryl/α,β-unsaturated/α-hetero) is 1. The molecule has 39 heavy (non-hydrogen) atoms. The molecule has 1 atom stereocenters. The fraction of sp³-hybridized carbons (Fsp3) is 0.312. The van der Waals surface area contributed by atoms with Gasteiger partial charge in [-0.15, -0.1) is 0 Å². The van der Waals surface area contributed by atoms with Crippen molar-refractivity contribution in [2.75, 3.05) is 25.7 Å². The summed E-state index contributed by atoms with van der Waals surface area (Å²) in [6, 6.07) is 18.9. The molecule has 3 aromatic carbocycles. The fourth-order valence-electron chi connectivity index (χ4n) is 4.69. The number of aliphatic hydroxyl groups is 1. The maximum Gasteiger partial charge on any atom is 0.300 e. The molecule has 1 heterocycles. The van der Waals surface area contributed by atoms with Crippen molar-refractivity contribution in [3.05, 3.63) is 89.0 Å². The van der Waals surface area contributed by atoms with Crippen molar-refractivity contribution in [2.24, 2.45) is 0 Å². The highest BCUT2D eigenvalue weighted by Gasteiger charge is 2.48. The summed E-state index contributed by atoms with van der Waals surface area (Å²) in [5.41, 5.74) is 2.41. The van der Waals surface area contributed by atoms with Crippen LogP contribution in [0.15, 0.2) is 72.3 Å². The molecule has 1 aliphatic heterocycles. The van der Waals surface area contributed by atoms with Crippen LogP contribution in [0.3, 0.4) is 0 Å². The molecule has 7 nitrogen and oxygen atoms in total. The third-order valence-corrected chi connectivity index (χ3v) is 6.79. The molecule has 0 aromatic heterocycles. The molecule has 1 saturated heterocycles. The Morgan fingerprint density at radius 2 is 1.62 bits per heavy atom. The predicted octanol–water partition coefficient (Wildman–Crippen LogP) is 6.42. The van der Waals surface area contributed by atoms with Crippen LogP contribution in [-0.4, -0.2) is 37.6 Å². The van der Waals surface area contributed by atoms with Gasteiger partial charge >= 0.3 is 0 Å². The van der Waals surface area contributed by atoms with Crippen molar-refractivity contribution in [1.29, 1.82) is 0 Å². The molecule has 1 aliphatic rings. The maximum atomic E-state index is 13.7. The minimum absolute atomic E-state index is 0.0303. The number of carbonyl (C=O) groups excluding carboxylic acids is 2. The van der Waals surface area contributed by atoms with E-state index in [1.807, 2.05) is 37.3 Å². The Bertz CT molecular complexity index is 1400. The van der Waals surface area contributed by atoms with Gasteiger partial charge in [0.25, 0.3) is 11.7 Å². The van der Waals surface area contributed by atoms with Gasteiger partial charge in [-0.3, -0.25) is 14.5 Å². The molecular weight excluding hydrogens is 494 g/mol. The van der Waals surface area contributed by atoms with Crippen LogP contribution in [-0.2, 0) is 15.0 Å². The van der Waals surface area contributed by atoms with Crippen LogP contribution in [0.5, 0.6) is 17.2 Å². The number of hydrogen-bond acceptors (Lipinski definition) is 6. The number of methoxy groups -OCH3 is 2. The Hall–Kier alpha value is -4.26. The summed E-state index contributed by atoms with van der Waals surface area (Å²) in [7, 11) is 2.99. The van der Waals surface area contributed by atoms with Crippen molar-refractivity contribution in [1.82, 2.24) is 0 Å². The van der Waals surface area contributed by atoms with Gasteiger partial charge in [-0.2, -0.15) is 0 Å². The minimum Gasteiger partial charge on any atom is -0.507 e. The number of ketones is 1. The maximum absolute atomic E-state index is 13.7. The summed E-state index contributed by atoms with van der Waals surface area (Å²) in [5.74, 6) is -0.541. The van der Waals surface area contributed by atoms with E-state index in [-0.39, 0.29) is 22.3 Å². The Kier molecular flexibility index (Phi) is 8.00. The average molecular weight is 530 g/mol. The van der Waals surface area contributed by atoms with Crippen molar-refractivity contribution in [2.45, 2.75) is 45.6 Å². The summed E-state index contributed by atoms with van der Waals surface area (Å²) < 4.78 is 16.7. The summed E-state index contributed by atoms with van der Waals surface area (Å²) in [5, 5.41) is 11.6. The van der Waals surface area contributed by atoms with E-state index in [2.05, 4.69) is 20.8 Å². The van der Waals surface area contributed by atoms with Crippen LogP contribution in [0.2, 0.25) is 0 Å². The summed E-state index contributed by atoms with van der Waals surface area (Å²) in [6.07, 6.45) is 0.780. The molecule has 1 unspecified atom stereocenters. The number of amides is 1. The molecule has 0 aliphatic carbocycles. The van der Waals surface area contributed by atoms with E-state index in [1.165, 1.54) is 19.1 Å². The zero-order valence-corrected chi connectivity index (χ0v) is 23.3. The minimum atomic E-state index is -0.891. The first-order chi connectivity index (χ1) is 18.6. The smallest absolute Gasteiger partial charge is 0.300 e. The normalized spacial score (nSPS) is 16.9. The lowest BCUT2D eigenvalue weighted by Gasteiger charge is -2.28. The van der Waals surface area contributed by atoms with E-state index in [4.69, 9.17) is 14.2 Å². The highest BCUT2D eigenvalue weighted by Crippen LogP contribution is 2.46. The fourth-order valence-corrected chi connectivity index (χ4v) is 4.69. The van der Waals surface area contributed by atoms with E-state index < -0.39 is 17.7 Å². The van der Waals surface area contributed by atoms with Crippen LogP contribution >= 0.6 is 0 Å². The lowest BCUT2D eigenvalue weighted by Crippen LogP contribution is -2.30. The molecule has 1 amide bonds. The number of anilines is 1. The third kappa shape index (κ3) is 5.35. The quantitative estimate of drug-likeness (QED) is 0.206. The van der Waals surface area contributed by atoms with Gasteiger partial charge in [0, 0.05) is 6.07 Å². The lowest BCUT2D eigenvalue weighted by atomic mass is 9.85. The molecule has 1 fully saturated rings. The lowest BCUT2D eigenvalue weighted by molar-refractivity contribution is -0.132. The average Bonchev–Trinajstić information content (AvgIpc) is 3.20. The van der Waals surface area contributed by atoms with Crippen molar-refractivity contribution in [3.63, 3.8) is 0 Å². The number of carbonyl (C=O) groups is 2. The molecule has 0 bridgehead atoms. The second-order valence-electron chi connectivity index (χ2n) is 10.4. The van der Waals surface area contributed by atoms with Crippen LogP contribution in [0.25, 0.3) is 5.76 Å². The molecule has 204 valence electrons. The molecule has 4 rings (SSSR count). The highest BCUT2D eigenvalue weighted by molar-refractivity contribution is 6.52. The summed E-state index contributed by atoms with van der Waals surface area (Å²) >= 11 is 0. The van der Waals surface area contributed by atoms with Crippen LogP contribution in [0.4, 0.5) is 5.69 Å². The van der Waals surface area contributed by atoms with Gasteiger partial charge in [-0.25, -0.2) is 0 Å². The second-order valence-corrected chi connectivity index (χ2v) is 10.4. The second kappa shape index (κ2) is 11.2. The van der Waals surface area contributed by atoms with Crippen molar-refractivity contribution in [3.8, 4) is 17.2 Å². The van der Waals surface area contributed by atoms with Crippen LogP contribution in [0, 0.1) is 0 Å². The molecular formula is C32H35NO6. The van der Waals surface area contributed by atoms with E-state index in [1.54, 1.807) is 36.4 Å². The highest BCUT2D eigenvalue weighted by atomic mass is 16.5.